The standard InChI is InChI=1S/C49H55F6N13O3S2/c1-27(2)67-25-37(49(53,54)55)62-45(67)32-9-7-30(8-10-32)23-64(34-13-16-58-41(39(34)50)38-40(31-11-12-31)60-26-61-47(38)71-6)17-18-66-28(3)21-65(22-29(66)4)35-19-33(73(69,70)63-48(5)14-15-48)24-68-36(35)20-59-46(68)44(57)72-43(56)42(51)52/h7-10,13,16,19-20,24-29,31,42,56-57,63H,11-12,14-15,17-18,21-23H2,1-6H3. The molecule has 6 aromatic rings. The van der Waals surface area contributed by atoms with Crippen molar-refractivity contribution in [1.82, 2.24) is 43.5 Å². The summed E-state index contributed by atoms with van der Waals surface area (Å²) in [5, 5.41) is 14.8. The number of fused-ring (bicyclic) bond motifs is 1. The molecule has 1 aromatic carbocycles. The van der Waals surface area contributed by atoms with Crippen molar-refractivity contribution >= 4 is 48.8 Å². The summed E-state index contributed by atoms with van der Waals surface area (Å²) < 4.78 is 125. The number of halogens is 6. The highest BCUT2D eigenvalue weighted by atomic mass is 32.2. The smallest absolute Gasteiger partial charge is 0.434 e. The first-order valence-corrected chi connectivity index (χ1v) is 26.1. The van der Waals surface area contributed by atoms with Gasteiger partial charge in [-0.15, -0.1) is 0 Å². The quantitative estimate of drug-likeness (QED) is 0.0447. The van der Waals surface area contributed by atoms with Crippen LogP contribution in [0.2, 0.25) is 0 Å². The van der Waals surface area contributed by atoms with Gasteiger partial charge in [-0.25, -0.2) is 46.2 Å². The molecule has 0 amide bonds. The van der Waals surface area contributed by atoms with Crippen molar-refractivity contribution in [1.29, 1.82) is 10.8 Å². The summed E-state index contributed by atoms with van der Waals surface area (Å²) in [6.07, 6.45) is 2.05. The molecule has 388 valence electrons. The van der Waals surface area contributed by atoms with Crippen LogP contribution in [0.4, 0.5) is 37.7 Å². The zero-order valence-corrected chi connectivity index (χ0v) is 42.5. The molecule has 9 rings (SSSR count). The number of ether oxygens (including phenoxy) is 1. The first-order chi connectivity index (χ1) is 34.6. The Kier molecular flexibility index (Phi) is 14.2. The van der Waals surface area contributed by atoms with Gasteiger partial charge in [0.2, 0.25) is 15.9 Å². The Morgan fingerprint density at radius 2 is 1.71 bits per heavy atom. The molecule has 0 spiro atoms. The van der Waals surface area contributed by atoms with Crippen molar-refractivity contribution < 1.29 is 39.5 Å². The SMILES string of the molecule is COc1ncnc(C2CC2)c1-c1nccc(N(CCN2C(C)CN(c3cc(S(=O)(=O)NC4(C)CC4)cn4c(C(=N)SC(=N)C(F)F)ncc34)CC2C)Cc2ccc(-c3nc(C(F)(F)F)cn3C(C)C)cc2)c1F. The minimum atomic E-state index is -4.63. The van der Waals surface area contributed by atoms with Crippen molar-refractivity contribution in [3.63, 3.8) is 0 Å². The molecular formula is C49H55F6N13O3S2. The zero-order valence-electron chi connectivity index (χ0n) is 40.9. The lowest BCUT2D eigenvalue weighted by Crippen LogP contribution is -2.58. The van der Waals surface area contributed by atoms with Gasteiger partial charge in [0.05, 0.1) is 41.5 Å². The maximum absolute atomic E-state index is 17.4. The number of alkyl halides is 5. The number of nitrogens with zero attached hydrogens (tertiary/aromatic N) is 10. The third kappa shape index (κ3) is 10.8. The monoisotopic (exact) mass is 1050 g/mol. The van der Waals surface area contributed by atoms with Crippen LogP contribution in [0.25, 0.3) is 28.2 Å². The number of anilines is 2. The van der Waals surface area contributed by atoms with Crippen LogP contribution in [-0.4, -0.2) is 115 Å². The minimum Gasteiger partial charge on any atom is -0.480 e. The number of piperazine rings is 1. The van der Waals surface area contributed by atoms with E-state index in [1.54, 1.807) is 57.2 Å². The summed E-state index contributed by atoms with van der Waals surface area (Å²) in [4.78, 5) is 27.7. The number of hydrogen-bond acceptors (Lipinski definition) is 14. The fourth-order valence-electron chi connectivity index (χ4n) is 9.41. The zero-order chi connectivity index (χ0) is 52.3. The molecule has 5 aromatic heterocycles. The van der Waals surface area contributed by atoms with E-state index in [0.29, 0.717) is 67.0 Å². The molecule has 73 heavy (non-hydrogen) atoms. The van der Waals surface area contributed by atoms with Crippen molar-refractivity contribution in [3.05, 3.63) is 96.1 Å². The van der Waals surface area contributed by atoms with E-state index in [2.05, 4.69) is 34.5 Å². The van der Waals surface area contributed by atoms with E-state index < -0.39 is 49.8 Å². The lowest BCUT2D eigenvalue weighted by molar-refractivity contribution is -0.140. The van der Waals surface area contributed by atoms with E-state index in [1.165, 1.54) is 41.0 Å². The van der Waals surface area contributed by atoms with Crippen LogP contribution in [0.15, 0.2) is 72.4 Å². The molecule has 3 fully saturated rings. The van der Waals surface area contributed by atoms with Crippen LogP contribution < -0.4 is 19.3 Å². The number of pyridine rings is 2. The van der Waals surface area contributed by atoms with Gasteiger partial charge in [-0.1, -0.05) is 24.3 Å². The van der Waals surface area contributed by atoms with Crippen LogP contribution in [0.3, 0.4) is 0 Å². The lowest BCUT2D eigenvalue weighted by atomic mass is 10.0. The largest absolute Gasteiger partial charge is 0.480 e. The van der Waals surface area contributed by atoms with E-state index in [0.717, 1.165) is 24.6 Å². The van der Waals surface area contributed by atoms with E-state index >= 15 is 4.39 Å². The predicted molar refractivity (Wildman–Crippen MR) is 267 cm³/mol. The van der Waals surface area contributed by atoms with Crippen molar-refractivity contribution in [2.75, 3.05) is 43.1 Å². The molecule has 2 aliphatic carbocycles. The molecule has 1 aliphatic heterocycles. The fourth-order valence-corrected chi connectivity index (χ4v) is 11.4. The molecule has 16 nitrogen and oxygen atoms in total. The van der Waals surface area contributed by atoms with Gasteiger partial charge in [-0.2, -0.15) is 13.2 Å². The summed E-state index contributed by atoms with van der Waals surface area (Å²) in [6.45, 7) is 11.1. The molecule has 3 N–H and O–H groups in total. The lowest BCUT2D eigenvalue weighted by Gasteiger charge is -2.46. The third-order valence-corrected chi connectivity index (χ3v) is 16.0. The van der Waals surface area contributed by atoms with Crippen LogP contribution in [0, 0.1) is 16.6 Å². The molecule has 2 saturated carbocycles. The van der Waals surface area contributed by atoms with E-state index in [4.69, 9.17) is 15.6 Å². The summed E-state index contributed by atoms with van der Waals surface area (Å²) in [5.41, 5.74) is 1.86. The van der Waals surface area contributed by atoms with Crippen molar-refractivity contribution in [3.8, 4) is 28.5 Å². The Morgan fingerprint density at radius 1 is 1.01 bits per heavy atom. The Balaban J connectivity index is 1.03. The molecule has 6 heterocycles. The highest BCUT2D eigenvalue weighted by molar-refractivity contribution is 8.26. The molecule has 1 saturated heterocycles. The average molecular weight is 1050 g/mol. The second-order valence-electron chi connectivity index (χ2n) is 19.5. The number of aromatic nitrogens is 7. The summed E-state index contributed by atoms with van der Waals surface area (Å²) in [5.74, 6) is -0.238. The van der Waals surface area contributed by atoms with Gasteiger partial charge in [0.25, 0.3) is 6.43 Å². The fraction of sp³-hybridized carbons (Fsp3) is 0.449. The van der Waals surface area contributed by atoms with Crippen molar-refractivity contribution in [2.45, 2.75) is 114 Å². The number of sulfonamides is 1. The first-order valence-electron chi connectivity index (χ1n) is 23.8. The number of nitrogens with one attached hydrogen (secondary N) is 3. The number of hydrogen-bond donors (Lipinski definition) is 3. The minimum absolute atomic E-state index is 0.0367. The van der Waals surface area contributed by atoms with E-state index in [9.17, 15) is 30.4 Å². The molecule has 24 heteroatoms. The molecule has 0 bridgehead atoms. The highest BCUT2D eigenvalue weighted by Gasteiger charge is 2.42. The van der Waals surface area contributed by atoms with Gasteiger partial charge in [0, 0.05) is 86.5 Å². The molecule has 2 unspecified atom stereocenters. The summed E-state index contributed by atoms with van der Waals surface area (Å²) in [6, 6.07) is 9.51. The van der Waals surface area contributed by atoms with Crippen LogP contribution in [0.5, 0.6) is 5.88 Å². The second-order valence-corrected chi connectivity index (χ2v) is 22.2. The van der Waals surface area contributed by atoms with Crippen LogP contribution >= 0.6 is 11.8 Å². The normalized spacial score (nSPS) is 18.2. The summed E-state index contributed by atoms with van der Waals surface area (Å²) >= 11 is 0.239. The first kappa shape index (κ1) is 51.8. The van der Waals surface area contributed by atoms with Gasteiger partial charge >= 0.3 is 6.18 Å². The Hall–Kier alpha value is -6.11. The second kappa shape index (κ2) is 20.0. The number of benzene rings is 1. The highest BCUT2D eigenvalue weighted by Crippen LogP contribution is 2.46. The van der Waals surface area contributed by atoms with Gasteiger partial charge in [-0.05, 0) is 89.8 Å². The number of imidazole rings is 2. The van der Waals surface area contributed by atoms with E-state index in [1.807, 2.05) is 23.6 Å². The third-order valence-electron chi connectivity index (χ3n) is 13.6. The predicted octanol–water partition coefficient (Wildman–Crippen LogP) is 9.41. The topological polar surface area (TPSA) is 187 Å². The molecule has 2 atom stereocenters. The average Bonchev–Trinajstić information content (AvgIpc) is 4.21. The van der Waals surface area contributed by atoms with Gasteiger partial charge < -0.3 is 19.1 Å². The Morgan fingerprint density at radius 3 is 2.33 bits per heavy atom. The maximum Gasteiger partial charge on any atom is 0.434 e. The van der Waals surface area contributed by atoms with Crippen LogP contribution in [-0.2, 0) is 22.7 Å². The molecule has 3 aliphatic rings. The number of thioether (sulfide) groups is 1. The van der Waals surface area contributed by atoms with Gasteiger partial charge in [-0.3, -0.25) is 25.1 Å². The van der Waals surface area contributed by atoms with Gasteiger partial charge in [0.1, 0.15) is 32.8 Å². The number of methoxy groups -OCH3 is 1. The van der Waals surface area contributed by atoms with Gasteiger partial charge in [0.15, 0.2) is 17.3 Å². The Bertz CT molecular complexity index is 3160. The molecule has 0 radical (unpaired) electrons. The maximum atomic E-state index is 17.4. The molecular weight excluding hydrogens is 997 g/mol. The van der Waals surface area contributed by atoms with Crippen molar-refractivity contribution in [2.24, 2.45) is 0 Å². The van der Waals surface area contributed by atoms with E-state index in [-0.39, 0.29) is 76.2 Å². The summed E-state index contributed by atoms with van der Waals surface area (Å²) in [7, 11) is -2.65. The van der Waals surface area contributed by atoms with Crippen LogP contribution in [0.1, 0.15) is 95.0 Å². The number of rotatable bonds is 17. The Labute approximate surface area is 422 Å².